The lowest BCUT2D eigenvalue weighted by Gasteiger charge is -2.17. The Labute approximate surface area is 116 Å². The van der Waals surface area contributed by atoms with Gasteiger partial charge < -0.3 is 19.3 Å². The lowest BCUT2D eigenvalue weighted by molar-refractivity contribution is -0.142. The molecule has 0 spiro atoms. The Morgan fingerprint density at radius 2 is 2.00 bits per heavy atom. The maximum Gasteiger partial charge on any atom is 0.339 e. The van der Waals surface area contributed by atoms with E-state index < -0.39 is 17.7 Å². The molecule has 0 saturated carbocycles. The van der Waals surface area contributed by atoms with E-state index in [4.69, 9.17) is 19.3 Å². The zero-order valence-electron chi connectivity index (χ0n) is 11.3. The van der Waals surface area contributed by atoms with Gasteiger partial charge in [0.2, 0.25) is 0 Å². The summed E-state index contributed by atoms with van der Waals surface area (Å²) < 4.78 is 15.9. The summed E-state index contributed by atoms with van der Waals surface area (Å²) in [4.78, 5) is 22.9. The summed E-state index contributed by atoms with van der Waals surface area (Å²) in [6.07, 6.45) is -0.342. The smallest absolute Gasteiger partial charge is 0.339 e. The van der Waals surface area contributed by atoms with Crippen molar-refractivity contribution in [1.29, 1.82) is 0 Å². The summed E-state index contributed by atoms with van der Waals surface area (Å²) in [6, 6.07) is 5.91. The third-order valence-electron chi connectivity index (χ3n) is 2.85. The highest BCUT2D eigenvalue weighted by atomic mass is 16.7. The van der Waals surface area contributed by atoms with E-state index in [0.717, 1.165) is 0 Å². The highest BCUT2D eigenvalue weighted by molar-refractivity contribution is 6.02. The predicted octanol–water partition coefficient (Wildman–Crippen LogP) is 1.69. The van der Waals surface area contributed by atoms with Gasteiger partial charge in [0, 0.05) is 0 Å². The molecule has 0 bridgehead atoms. The standard InChI is InChI=1S/C14H16O6/c1-14(2)19-8-9(20-14)7-18-13(17)11-6-4-3-5-10(11)12(15)16/h3-6,9H,7-8H2,1-2H3,(H,15,16)/t9-/m1/s1. The van der Waals surface area contributed by atoms with Crippen molar-refractivity contribution in [3.8, 4) is 0 Å². The Bertz CT molecular complexity index is 522. The van der Waals surface area contributed by atoms with E-state index in [1.807, 2.05) is 0 Å². The van der Waals surface area contributed by atoms with Crippen LogP contribution in [0.25, 0.3) is 0 Å². The molecular formula is C14H16O6. The van der Waals surface area contributed by atoms with Crippen LogP contribution in [0.15, 0.2) is 24.3 Å². The summed E-state index contributed by atoms with van der Waals surface area (Å²) in [7, 11) is 0. The van der Waals surface area contributed by atoms with Gasteiger partial charge in [-0.3, -0.25) is 0 Å². The molecular weight excluding hydrogens is 264 g/mol. The first-order chi connectivity index (χ1) is 9.39. The van der Waals surface area contributed by atoms with Gasteiger partial charge in [-0.25, -0.2) is 9.59 Å². The fourth-order valence-corrected chi connectivity index (χ4v) is 1.94. The Balaban J connectivity index is 1.98. The third-order valence-corrected chi connectivity index (χ3v) is 2.85. The van der Waals surface area contributed by atoms with E-state index in [9.17, 15) is 9.59 Å². The molecule has 0 unspecified atom stereocenters. The predicted molar refractivity (Wildman–Crippen MR) is 68.6 cm³/mol. The van der Waals surface area contributed by atoms with Gasteiger partial charge in [0.05, 0.1) is 17.7 Å². The molecule has 1 aliphatic heterocycles. The van der Waals surface area contributed by atoms with Gasteiger partial charge in [-0.15, -0.1) is 0 Å². The molecule has 1 N–H and O–H groups in total. The maximum absolute atomic E-state index is 11.9. The number of hydrogen-bond acceptors (Lipinski definition) is 5. The molecule has 2 rings (SSSR count). The fourth-order valence-electron chi connectivity index (χ4n) is 1.94. The Morgan fingerprint density at radius 1 is 1.35 bits per heavy atom. The molecule has 1 aromatic carbocycles. The van der Waals surface area contributed by atoms with Crippen molar-refractivity contribution in [3.05, 3.63) is 35.4 Å². The van der Waals surface area contributed by atoms with Crippen LogP contribution in [-0.4, -0.2) is 42.1 Å². The number of hydrogen-bond donors (Lipinski definition) is 1. The third kappa shape index (κ3) is 3.34. The number of carbonyl (C=O) groups excluding carboxylic acids is 1. The molecule has 0 amide bonds. The quantitative estimate of drug-likeness (QED) is 0.845. The molecule has 1 saturated heterocycles. The number of carboxylic acids is 1. The van der Waals surface area contributed by atoms with Gasteiger partial charge >= 0.3 is 11.9 Å². The molecule has 0 radical (unpaired) electrons. The molecule has 1 fully saturated rings. The van der Waals surface area contributed by atoms with Crippen molar-refractivity contribution >= 4 is 11.9 Å². The molecule has 1 aromatic rings. The lowest BCUT2D eigenvalue weighted by atomic mass is 10.1. The number of carboxylic acid groups (broad SMARTS) is 1. The first-order valence-corrected chi connectivity index (χ1v) is 6.20. The summed E-state index contributed by atoms with van der Waals surface area (Å²) in [5.74, 6) is -2.54. The number of aromatic carboxylic acids is 1. The molecule has 1 aliphatic rings. The van der Waals surface area contributed by atoms with E-state index in [1.54, 1.807) is 26.0 Å². The molecule has 20 heavy (non-hydrogen) atoms. The highest BCUT2D eigenvalue weighted by Crippen LogP contribution is 2.22. The number of benzene rings is 1. The summed E-state index contributed by atoms with van der Waals surface area (Å²) in [5.41, 5.74) is -0.0559. The molecule has 108 valence electrons. The van der Waals surface area contributed by atoms with Gasteiger partial charge in [0.25, 0.3) is 0 Å². The fraction of sp³-hybridized carbons (Fsp3) is 0.429. The SMILES string of the molecule is CC1(C)OC[C@@H](COC(=O)c2ccccc2C(=O)O)O1. The number of ether oxygens (including phenoxy) is 3. The van der Waals surface area contributed by atoms with Crippen LogP contribution in [-0.2, 0) is 14.2 Å². The molecule has 1 atom stereocenters. The summed E-state index contributed by atoms with van der Waals surface area (Å²) in [5, 5.41) is 9.01. The van der Waals surface area contributed by atoms with Crippen LogP contribution in [0.1, 0.15) is 34.6 Å². The molecule has 6 nitrogen and oxygen atoms in total. The largest absolute Gasteiger partial charge is 0.478 e. The van der Waals surface area contributed by atoms with Crippen LogP contribution in [0.2, 0.25) is 0 Å². The average Bonchev–Trinajstić information content (AvgIpc) is 2.75. The van der Waals surface area contributed by atoms with E-state index in [0.29, 0.717) is 6.61 Å². The van der Waals surface area contributed by atoms with E-state index >= 15 is 0 Å². The Kier molecular flexibility index (Phi) is 4.06. The van der Waals surface area contributed by atoms with Gasteiger partial charge in [-0.1, -0.05) is 12.1 Å². The van der Waals surface area contributed by atoms with Crippen molar-refractivity contribution in [1.82, 2.24) is 0 Å². The van der Waals surface area contributed by atoms with Gasteiger partial charge in [0.15, 0.2) is 5.79 Å². The van der Waals surface area contributed by atoms with E-state index in [1.165, 1.54) is 12.1 Å². The van der Waals surface area contributed by atoms with Crippen LogP contribution in [0.3, 0.4) is 0 Å². The van der Waals surface area contributed by atoms with Crippen molar-refractivity contribution < 1.29 is 28.9 Å². The topological polar surface area (TPSA) is 82.1 Å². The molecule has 0 aromatic heterocycles. The first kappa shape index (κ1) is 14.5. The second-order valence-electron chi connectivity index (χ2n) is 4.90. The second kappa shape index (κ2) is 5.60. The zero-order valence-corrected chi connectivity index (χ0v) is 11.3. The molecule has 1 heterocycles. The monoisotopic (exact) mass is 280 g/mol. The number of rotatable bonds is 4. The van der Waals surface area contributed by atoms with Crippen LogP contribution in [0.4, 0.5) is 0 Å². The summed E-state index contributed by atoms with van der Waals surface area (Å²) >= 11 is 0. The van der Waals surface area contributed by atoms with Gasteiger partial charge in [0.1, 0.15) is 12.7 Å². The van der Waals surface area contributed by atoms with Gasteiger partial charge in [-0.2, -0.15) is 0 Å². The van der Waals surface area contributed by atoms with Crippen LogP contribution < -0.4 is 0 Å². The van der Waals surface area contributed by atoms with Crippen molar-refractivity contribution in [3.63, 3.8) is 0 Å². The minimum Gasteiger partial charge on any atom is -0.478 e. The number of carbonyl (C=O) groups is 2. The second-order valence-corrected chi connectivity index (χ2v) is 4.90. The normalized spacial score (nSPS) is 20.6. The molecule has 0 aliphatic carbocycles. The highest BCUT2D eigenvalue weighted by Gasteiger charge is 2.33. The maximum atomic E-state index is 11.9. The first-order valence-electron chi connectivity index (χ1n) is 6.20. The van der Waals surface area contributed by atoms with E-state index in [-0.39, 0.29) is 23.8 Å². The zero-order chi connectivity index (χ0) is 14.8. The van der Waals surface area contributed by atoms with Gasteiger partial charge in [-0.05, 0) is 26.0 Å². The average molecular weight is 280 g/mol. The molecule has 6 heteroatoms. The summed E-state index contributed by atoms with van der Waals surface area (Å²) in [6.45, 7) is 3.90. The lowest BCUT2D eigenvalue weighted by Crippen LogP contribution is -2.25. The number of esters is 1. The van der Waals surface area contributed by atoms with Crippen LogP contribution in [0, 0.1) is 0 Å². The minimum atomic E-state index is -1.17. The van der Waals surface area contributed by atoms with Crippen LogP contribution >= 0.6 is 0 Å². The van der Waals surface area contributed by atoms with Crippen LogP contribution in [0.5, 0.6) is 0 Å². The van der Waals surface area contributed by atoms with E-state index in [2.05, 4.69) is 0 Å². The van der Waals surface area contributed by atoms with Crippen molar-refractivity contribution in [2.24, 2.45) is 0 Å². The Hall–Kier alpha value is -1.92. The Morgan fingerprint density at radius 3 is 2.55 bits per heavy atom. The van der Waals surface area contributed by atoms with Crippen molar-refractivity contribution in [2.45, 2.75) is 25.7 Å². The van der Waals surface area contributed by atoms with Crippen molar-refractivity contribution in [2.75, 3.05) is 13.2 Å². The minimum absolute atomic E-state index is 0.0240.